The summed E-state index contributed by atoms with van der Waals surface area (Å²) >= 11 is 6.96. The van der Waals surface area contributed by atoms with Crippen LogP contribution in [0.15, 0.2) is 40.5 Å². The van der Waals surface area contributed by atoms with Crippen LogP contribution < -0.4 is 10.9 Å². The molecular formula is C20H23N3O3S2. The highest BCUT2D eigenvalue weighted by atomic mass is 32.1. The summed E-state index contributed by atoms with van der Waals surface area (Å²) in [5.74, 6) is -0.175. The van der Waals surface area contributed by atoms with Gasteiger partial charge in [0.1, 0.15) is 0 Å². The number of ether oxygens (including phenoxy) is 1. The molecule has 0 aliphatic heterocycles. The first kappa shape index (κ1) is 20.4. The first-order chi connectivity index (χ1) is 13.5. The van der Waals surface area contributed by atoms with E-state index in [4.69, 9.17) is 17.0 Å². The summed E-state index contributed by atoms with van der Waals surface area (Å²) in [5, 5.41) is 5.56. The summed E-state index contributed by atoms with van der Waals surface area (Å²) in [5.41, 5.74) is 0.895. The maximum Gasteiger partial charge on any atom is 0.262 e. The van der Waals surface area contributed by atoms with Gasteiger partial charge < -0.3 is 15.0 Å². The second-order valence-electron chi connectivity index (χ2n) is 6.44. The molecule has 0 aliphatic rings. The number of benzene rings is 1. The van der Waals surface area contributed by atoms with E-state index in [9.17, 15) is 9.59 Å². The molecular weight excluding hydrogens is 394 g/mol. The molecule has 1 amide bonds. The summed E-state index contributed by atoms with van der Waals surface area (Å²) in [7, 11) is 1.62. The Kier molecular flexibility index (Phi) is 6.77. The lowest BCUT2D eigenvalue weighted by Gasteiger charge is -2.16. The Morgan fingerprint density at radius 2 is 2.21 bits per heavy atom. The molecule has 148 valence electrons. The first-order valence-electron chi connectivity index (χ1n) is 9.15. The zero-order valence-corrected chi connectivity index (χ0v) is 17.5. The smallest absolute Gasteiger partial charge is 0.262 e. The van der Waals surface area contributed by atoms with Gasteiger partial charge in [0, 0.05) is 30.7 Å². The first-order valence-corrected chi connectivity index (χ1v) is 10.4. The molecule has 0 saturated carbocycles. The fraction of sp³-hybridized carbons (Fsp3) is 0.350. The minimum Gasteiger partial charge on any atom is -0.385 e. The zero-order chi connectivity index (χ0) is 20.1. The van der Waals surface area contributed by atoms with Crippen molar-refractivity contribution in [3.63, 3.8) is 0 Å². The Bertz CT molecular complexity index is 1070. The monoisotopic (exact) mass is 417 g/mol. The van der Waals surface area contributed by atoms with Crippen molar-refractivity contribution in [2.75, 3.05) is 13.7 Å². The predicted octanol–water partition coefficient (Wildman–Crippen LogP) is 4.04. The highest BCUT2D eigenvalue weighted by Gasteiger charge is 2.16. The van der Waals surface area contributed by atoms with E-state index in [-0.39, 0.29) is 17.5 Å². The van der Waals surface area contributed by atoms with Crippen LogP contribution >= 0.6 is 23.6 Å². The third-order valence-electron chi connectivity index (χ3n) is 4.57. The number of H-pyrrole nitrogens is 1. The maximum atomic E-state index is 12.7. The van der Waals surface area contributed by atoms with E-state index in [1.165, 1.54) is 4.57 Å². The topological polar surface area (TPSA) is 76.1 Å². The Hall–Kier alpha value is -2.29. The Balaban J connectivity index is 1.87. The van der Waals surface area contributed by atoms with Crippen LogP contribution in [0.3, 0.4) is 0 Å². The van der Waals surface area contributed by atoms with E-state index in [2.05, 4.69) is 10.3 Å². The van der Waals surface area contributed by atoms with Gasteiger partial charge in [-0.3, -0.25) is 14.2 Å². The summed E-state index contributed by atoms with van der Waals surface area (Å²) in [6.07, 6.45) is 1.50. The number of rotatable bonds is 8. The number of nitrogens with one attached hydrogen (secondary N) is 2. The van der Waals surface area contributed by atoms with Gasteiger partial charge in [-0.1, -0.05) is 13.0 Å². The predicted molar refractivity (Wildman–Crippen MR) is 115 cm³/mol. The van der Waals surface area contributed by atoms with Gasteiger partial charge >= 0.3 is 0 Å². The summed E-state index contributed by atoms with van der Waals surface area (Å²) < 4.78 is 6.91. The molecule has 0 fully saturated rings. The molecule has 0 bridgehead atoms. The van der Waals surface area contributed by atoms with Gasteiger partial charge in [0.05, 0.1) is 16.9 Å². The van der Waals surface area contributed by atoms with Crippen LogP contribution in [0.2, 0.25) is 0 Å². The van der Waals surface area contributed by atoms with Crippen molar-refractivity contribution in [2.45, 2.75) is 32.4 Å². The van der Waals surface area contributed by atoms with Gasteiger partial charge in [-0.25, -0.2) is 0 Å². The Labute approximate surface area is 172 Å². The molecule has 3 aromatic rings. The summed E-state index contributed by atoms with van der Waals surface area (Å²) in [6.45, 7) is 3.08. The number of nitrogens with zero attached hydrogens (tertiary/aromatic N) is 1. The number of hydrogen-bond donors (Lipinski definition) is 2. The average Bonchev–Trinajstić information content (AvgIpc) is 3.22. The average molecular weight is 418 g/mol. The van der Waals surface area contributed by atoms with Gasteiger partial charge in [-0.2, -0.15) is 0 Å². The Morgan fingerprint density at radius 3 is 2.89 bits per heavy atom. The van der Waals surface area contributed by atoms with Crippen molar-refractivity contribution in [1.29, 1.82) is 0 Å². The van der Waals surface area contributed by atoms with Crippen molar-refractivity contribution >= 4 is 40.4 Å². The van der Waals surface area contributed by atoms with Crippen LogP contribution in [-0.4, -0.2) is 29.2 Å². The molecule has 0 radical (unpaired) electrons. The van der Waals surface area contributed by atoms with Gasteiger partial charge in [-0.05, 0) is 54.7 Å². The van der Waals surface area contributed by atoms with Gasteiger partial charge in [0.15, 0.2) is 4.77 Å². The van der Waals surface area contributed by atoms with Crippen molar-refractivity contribution in [3.05, 3.63) is 61.3 Å². The summed E-state index contributed by atoms with van der Waals surface area (Å²) in [6, 6.07) is 9.00. The largest absolute Gasteiger partial charge is 0.385 e. The van der Waals surface area contributed by atoms with E-state index in [0.29, 0.717) is 40.8 Å². The molecule has 1 unspecified atom stereocenters. The molecule has 2 N–H and O–H groups in total. The number of aromatic nitrogens is 2. The molecule has 0 spiro atoms. The molecule has 1 atom stereocenters. The molecule has 2 aromatic heterocycles. The second-order valence-corrected chi connectivity index (χ2v) is 7.81. The van der Waals surface area contributed by atoms with Crippen molar-refractivity contribution < 1.29 is 9.53 Å². The van der Waals surface area contributed by atoms with Crippen molar-refractivity contribution in [1.82, 2.24) is 14.9 Å². The second kappa shape index (κ2) is 9.27. The van der Waals surface area contributed by atoms with E-state index in [1.807, 2.05) is 24.4 Å². The molecule has 6 nitrogen and oxygen atoms in total. The molecule has 1 aromatic carbocycles. The van der Waals surface area contributed by atoms with Crippen LogP contribution in [0.4, 0.5) is 0 Å². The number of carbonyl (C=O) groups excluding carboxylic acids is 1. The number of methoxy groups -OCH3 is 1. The molecule has 3 rings (SSSR count). The van der Waals surface area contributed by atoms with Crippen LogP contribution in [0.1, 0.15) is 41.0 Å². The minimum atomic E-state index is -0.175. The summed E-state index contributed by atoms with van der Waals surface area (Å²) in [4.78, 5) is 29.7. The van der Waals surface area contributed by atoms with Crippen molar-refractivity contribution in [3.8, 4) is 0 Å². The SMILES string of the molecule is CCC(NC(=O)c1ccc2c(=O)n(CCCOC)c(=S)[nH]c2c1)c1cccs1. The highest BCUT2D eigenvalue weighted by Crippen LogP contribution is 2.22. The standard InChI is InChI=1S/C20H23N3O3S2/c1-3-15(17-6-4-11-28-17)21-18(24)13-7-8-14-16(12-13)22-20(27)23(19(14)25)9-5-10-26-2/h4,6-8,11-12,15H,3,5,9-10H2,1-2H3,(H,21,24)(H,22,27). The number of hydrogen-bond acceptors (Lipinski definition) is 5. The lowest BCUT2D eigenvalue weighted by Crippen LogP contribution is -2.28. The normalized spacial score (nSPS) is 12.2. The van der Waals surface area contributed by atoms with Crippen LogP contribution in [0.5, 0.6) is 0 Å². The number of amides is 1. The highest BCUT2D eigenvalue weighted by molar-refractivity contribution is 7.71. The third kappa shape index (κ3) is 4.40. The third-order valence-corrected chi connectivity index (χ3v) is 5.88. The van der Waals surface area contributed by atoms with Crippen LogP contribution in [0.25, 0.3) is 10.9 Å². The number of aromatic amines is 1. The fourth-order valence-corrected chi connectivity index (χ4v) is 4.22. The van der Waals surface area contributed by atoms with Gasteiger partial charge in [0.2, 0.25) is 0 Å². The zero-order valence-electron chi connectivity index (χ0n) is 15.9. The molecule has 0 saturated heterocycles. The van der Waals surface area contributed by atoms with Crippen LogP contribution in [-0.2, 0) is 11.3 Å². The fourth-order valence-electron chi connectivity index (χ4n) is 3.07. The molecule has 2 heterocycles. The van der Waals surface area contributed by atoms with E-state index in [1.54, 1.807) is 36.6 Å². The van der Waals surface area contributed by atoms with Gasteiger partial charge in [-0.15, -0.1) is 11.3 Å². The lowest BCUT2D eigenvalue weighted by molar-refractivity contribution is 0.0936. The Morgan fingerprint density at radius 1 is 1.39 bits per heavy atom. The molecule has 28 heavy (non-hydrogen) atoms. The number of fused-ring (bicyclic) bond motifs is 1. The maximum absolute atomic E-state index is 12.7. The minimum absolute atomic E-state index is 0.0320. The van der Waals surface area contributed by atoms with E-state index in [0.717, 1.165) is 11.3 Å². The number of carbonyl (C=O) groups is 1. The number of thiophene rings is 1. The molecule has 8 heteroatoms. The van der Waals surface area contributed by atoms with E-state index < -0.39 is 0 Å². The van der Waals surface area contributed by atoms with Crippen LogP contribution in [0, 0.1) is 4.77 Å². The van der Waals surface area contributed by atoms with E-state index >= 15 is 0 Å². The quantitative estimate of drug-likeness (QED) is 0.428. The van der Waals surface area contributed by atoms with Gasteiger partial charge in [0.25, 0.3) is 11.5 Å². The van der Waals surface area contributed by atoms with Crippen molar-refractivity contribution in [2.24, 2.45) is 0 Å². The lowest BCUT2D eigenvalue weighted by atomic mass is 10.1. The molecule has 0 aliphatic carbocycles.